The molecule has 1 unspecified atom stereocenters. The Morgan fingerprint density at radius 1 is 1.56 bits per heavy atom. The number of carbonyl (C=O) groups is 1. The predicted molar refractivity (Wildman–Crippen MR) is 61.8 cm³/mol. The van der Waals surface area contributed by atoms with Gasteiger partial charge in [-0.3, -0.25) is 9.18 Å². The SMILES string of the molecule is NCCNC(=O)C1CCCN(CCCF)C1. The molecule has 1 amide bonds. The highest BCUT2D eigenvalue weighted by Crippen LogP contribution is 2.16. The van der Waals surface area contributed by atoms with Crippen LogP contribution in [0.25, 0.3) is 0 Å². The lowest BCUT2D eigenvalue weighted by atomic mass is 9.97. The minimum absolute atomic E-state index is 0.0555. The molecule has 94 valence electrons. The van der Waals surface area contributed by atoms with E-state index in [1.54, 1.807) is 0 Å². The van der Waals surface area contributed by atoms with Crippen LogP contribution in [0.3, 0.4) is 0 Å². The van der Waals surface area contributed by atoms with E-state index < -0.39 is 0 Å². The zero-order valence-electron chi connectivity index (χ0n) is 9.75. The zero-order valence-corrected chi connectivity index (χ0v) is 9.75. The lowest BCUT2D eigenvalue weighted by Crippen LogP contribution is -2.44. The van der Waals surface area contributed by atoms with Gasteiger partial charge in [0.1, 0.15) is 0 Å². The molecule has 0 bridgehead atoms. The highest BCUT2D eigenvalue weighted by molar-refractivity contribution is 5.78. The molecule has 3 N–H and O–H groups in total. The minimum Gasteiger partial charge on any atom is -0.355 e. The van der Waals surface area contributed by atoms with Crippen molar-refractivity contribution >= 4 is 5.91 Å². The highest BCUT2D eigenvalue weighted by Gasteiger charge is 2.24. The number of hydrogen-bond acceptors (Lipinski definition) is 3. The van der Waals surface area contributed by atoms with Crippen LogP contribution in [0.15, 0.2) is 0 Å². The van der Waals surface area contributed by atoms with Crippen LogP contribution in [-0.2, 0) is 4.79 Å². The highest BCUT2D eigenvalue weighted by atomic mass is 19.1. The third kappa shape index (κ3) is 4.45. The van der Waals surface area contributed by atoms with Gasteiger partial charge in [-0.2, -0.15) is 0 Å². The molecule has 1 heterocycles. The van der Waals surface area contributed by atoms with E-state index in [-0.39, 0.29) is 18.5 Å². The van der Waals surface area contributed by atoms with Gasteiger partial charge in [0, 0.05) is 26.2 Å². The summed E-state index contributed by atoms with van der Waals surface area (Å²) in [6.45, 7) is 3.25. The number of nitrogens with one attached hydrogen (secondary N) is 1. The molecule has 0 aliphatic carbocycles. The number of nitrogens with two attached hydrogens (primary N) is 1. The molecule has 1 aliphatic heterocycles. The Morgan fingerprint density at radius 2 is 2.38 bits per heavy atom. The van der Waals surface area contributed by atoms with Crippen LogP contribution in [0.4, 0.5) is 4.39 Å². The first-order chi connectivity index (χ1) is 7.77. The molecule has 0 aromatic rings. The second-order valence-electron chi connectivity index (χ2n) is 4.26. The fourth-order valence-electron chi connectivity index (χ4n) is 2.10. The second-order valence-corrected chi connectivity index (χ2v) is 4.26. The van der Waals surface area contributed by atoms with E-state index in [9.17, 15) is 9.18 Å². The predicted octanol–water partition coefficient (Wildman–Crippen LogP) is 0.133. The molecule has 4 nitrogen and oxygen atoms in total. The van der Waals surface area contributed by atoms with E-state index in [4.69, 9.17) is 5.73 Å². The van der Waals surface area contributed by atoms with E-state index in [1.165, 1.54) is 0 Å². The normalized spacial score (nSPS) is 22.0. The molecular formula is C11H22FN3O. The molecule has 1 rings (SSSR count). The first kappa shape index (κ1) is 13.4. The van der Waals surface area contributed by atoms with Crippen molar-refractivity contribution in [2.75, 3.05) is 39.4 Å². The zero-order chi connectivity index (χ0) is 11.8. The molecule has 1 saturated heterocycles. The van der Waals surface area contributed by atoms with E-state index in [1.807, 2.05) is 0 Å². The van der Waals surface area contributed by atoms with Crippen LogP contribution >= 0.6 is 0 Å². The molecular weight excluding hydrogens is 209 g/mol. The Balaban J connectivity index is 2.28. The first-order valence-corrected chi connectivity index (χ1v) is 6.04. The van der Waals surface area contributed by atoms with Crippen LogP contribution < -0.4 is 11.1 Å². The van der Waals surface area contributed by atoms with Crippen molar-refractivity contribution in [3.05, 3.63) is 0 Å². The van der Waals surface area contributed by atoms with Crippen molar-refractivity contribution in [2.24, 2.45) is 11.7 Å². The van der Waals surface area contributed by atoms with Gasteiger partial charge in [0.25, 0.3) is 0 Å². The molecule has 0 aromatic heterocycles. The summed E-state index contributed by atoms with van der Waals surface area (Å²) < 4.78 is 12.1. The van der Waals surface area contributed by atoms with Crippen LogP contribution in [0.1, 0.15) is 19.3 Å². The van der Waals surface area contributed by atoms with Crippen LogP contribution in [0.5, 0.6) is 0 Å². The van der Waals surface area contributed by atoms with Crippen molar-refractivity contribution in [3.8, 4) is 0 Å². The number of hydrogen-bond donors (Lipinski definition) is 2. The smallest absolute Gasteiger partial charge is 0.224 e. The Morgan fingerprint density at radius 3 is 3.06 bits per heavy atom. The average Bonchev–Trinajstić information content (AvgIpc) is 2.33. The summed E-state index contributed by atoms with van der Waals surface area (Å²) >= 11 is 0. The lowest BCUT2D eigenvalue weighted by Gasteiger charge is -2.31. The van der Waals surface area contributed by atoms with E-state index >= 15 is 0 Å². The summed E-state index contributed by atoms with van der Waals surface area (Å²) in [6.07, 6.45) is 2.52. The summed E-state index contributed by atoms with van der Waals surface area (Å²) in [5.74, 6) is 0.148. The van der Waals surface area contributed by atoms with Gasteiger partial charge in [0.2, 0.25) is 5.91 Å². The van der Waals surface area contributed by atoms with E-state index in [2.05, 4.69) is 10.2 Å². The average molecular weight is 231 g/mol. The van der Waals surface area contributed by atoms with Crippen molar-refractivity contribution in [2.45, 2.75) is 19.3 Å². The van der Waals surface area contributed by atoms with Gasteiger partial charge < -0.3 is 16.0 Å². The Labute approximate surface area is 96.4 Å². The lowest BCUT2D eigenvalue weighted by molar-refractivity contribution is -0.126. The monoisotopic (exact) mass is 231 g/mol. The van der Waals surface area contributed by atoms with Gasteiger partial charge in [0.15, 0.2) is 0 Å². The number of likely N-dealkylation sites (tertiary alicyclic amines) is 1. The topological polar surface area (TPSA) is 58.4 Å². The molecule has 1 atom stereocenters. The number of alkyl halides is 1. The Hall–Kier alpha value is -0.680. The summed E-state index contributed by atoms with van der Waals surface area (Å²) in [6, 6.07) is 0. The molecule has 0 saturated carbocycles. The van der Waals surface area contributed by atoms with Crippen LogP contribution in [0, 0.1) is 5.92 Å². The second kappa shape index (κ2) is 7.57. The van der Waals surface area contributed by atoms with Crippen molar-refractivity contribution < 1.29 is 9.18 Å². The van der Waals surface area contributed by atoms with Crippen molar-refractivity contribution in [1.29, 1.82) is 0 Å². The van der Waals surface area contributed by atoms with E-state index in [0.29, 0.717) is 19.5 Å². The minimum atomic E-state index is -0.277. The quantitative estimate of drug-likeness (QED) is 0.683. The van der Waals surface area contributed by atoms with Gasteiger partial charge >= 0.3 is 0 Å². The Kier molecular flexibility index (Phi) is 6.33. The number of amides is 1. The number of rotatable bonds is 6. The third-order valence-corrected chi connectivity index (χ3v) is 2.93. The molecule has 1 fully saturated rings. The molecule has 5 heteroatoms. The molecule has 16 heavy (non-hydrogen) atoms. The van der Waals surface area contributed by atoms with Gasteiger partial charge in [0.05, 0.1) is 12.6 Å². The first-order valence-electron chi connectivity index (χ1n) is 6.04. The number of halogens is 1. The maximum Gasteiger partial charge on any atom is 0.224 e. The fourth-order valence-corrected chi connectivity index (χ4v) is 2.10. The number of nitrogens with zero attached hydrogens (tertiary/aromatic N) is 1. The fraction of sp³-hybridized carbons (Fsp3) is 0.909. The van der Waals surface area contributed by atoms with E-state index in [0.717, 1.165) is 32.5 Å². The standard InChI is InChI=1S/C11H22FN3O/c12-4-2-8-15-7-1-3-10(9-15)11(16)14-6-5-13/h10H,1-9,13H2,(H,14,16). The van der Waals surface area contributed by atoms with Crippen LogP contribution in [0.2, 0.25) is 0 Å². The largest absolute Gasteiger partial charge is 0.355 e. The summed E-state index contributed by atoms with van der Waals surface area (Å²) in [7, 11) is 0. The van der Waals surface area contributed by atoms with Gasteiger partial charge in [-0.1, -0.05) is 0 Å². The van der Waals surface area contributed by atoms with Crippen LogP contribution in [-0.4, -0.2) is 50.2 Å². The van der Waals surface area contributed by atoms with Gasteiger partial charge in [-0.05, 0) is 25.8 Å². The number of piperidine rings is 1. The molecule has 1 aliphatic rings. The summed E-state index contributed by atoms with van der Waals surface area (Å²) in [5.41, 5.74) is 5.33. The number of carbonyl (C=O) groups excluding carboxylic acids is 1. The molecule has 0 radical (unpaired) electrons. The maximum absolute atomic E-state index is 12.1. The molecule has 0 aromatic carbocycles. The third-order valence-electron chi connectivity index (χ3n) is 2.93. The maximum atomic E-state index is 12.1. The Bertz CT molecular complexity index is 213. The molecule has 0 spiro atoms. The van der Waals surface area contributed by atoms with Crippen molar-refractivity contribution in [3.63, 3.8) is 0 Å². The summed E-state index contributed by atoms with van der Waals surface area (Å²) in [5, 5.41) is 2.81. The van der Waals surface area contributed by atoms with Crippen molar-refractivity contribution in [1.82, 2.24) is 10.2 Å². The van der Waals surface area contributed by atoms with Gasteiger partial charge in [-0.25, -0.2) is 0 Å². The summed E-state index contributed by atoms with van der Waals surface area (Å²) in [4.78, 5) is 13.9. The van der Waals surface area contributed by atoms with Gasteiger partial charge in [-0.15, -0.1) is 0 Å².